The molecule has 2 N–H and O–H groups in total. The van der Waals surface area contributed by atoms with E-state index >= 15 is 0 Å². The minimum absolute atomic E-state index is 0.000198. The number of carbonyl (C=O) groups excluding carboxylic acids is 1. The second kappa shape index (κ2) is 47.1. The molecule has 0 spiro atoms. The molecule has 0 heterocycles. The van der Waals surface area contributed by atoms with E-state index in [2.05, 4.69) is 31.3 Å². The largest absolute Gasteiger partial charge is 0.756 e. The van der Waals surface area contributed by atoms with Gasteiger partial charge in [-0.2, -0.15) is 0 Å². The zero-order valence-electron chi connectivity index (χ0n) is 43.3. The number of phosphoric acid groups is 1. The molecule has 0 fully saturated rings. The number of hydrogen-bond acceptors (Lipinski definition) is 6. The van der Waals surface area contributed by atoms with Gasteiger partial charge in [-0.15, -0.1) is 0 Å². The van der Waals surface area contributed by atoms with Crippen LogP contribution in [0.1, 0.15) is 271 Å². The fourth-order valence-corrected chi connectivity index (χ4v) is 8.99. The van der Waals surface area contributed by atoms with E-state index < -0.39 is 20.0 Å². The summed E-state index contributed by atoms with van der Waals surface area (Å²) in [6, 6.07) is -0.885. The van der Waals surface area contributed by atoms with E-state index in [0.29, 0.717) is 17.4 Å². The molecule has 0 rings (SSSR count). The lowest BCUT2D eigenvalue weighted by Gasteiger charge is -2.29. The highest BCUT2D eigenvalue weighted by molar-refractivity contribution is 7.45. The maximum Gasteiger partial charge on any atom is 0.268 e. The van der Waals surface area contributed by atoms with Crippen LogP contribution in [0.3, 0.4) is 0 Å². The van der Waals surface area contributed by atoms with Crippen LogP contribution in [-0.2, 0) is 18.4 Å². The van der Waals surface area contributed by atoms with Crippen LogP contribution in [0.4, 0.5) is 0 Å². The molecule has 0 saturated heterocycles. The summed E-state index contributed by atoms with van der Waals surface area (Å²) in [6.45, 7) is 4.68. The highest BCUT2D eigenvalue weighted by atomic mass is 31.2. The first-order valence-electron chi connectivity index (χ1n) is 27.7. The number of nitrogens with one attached hydrogen (secondary N) is 1. The molecule has 0 saturated carbocycles. The maximum absolute atomic E-state index is 12.9. The van der Waals surface area contributed by atoms with E-state index in [-0.39, 0.29) is 19.1 Å². The molecule has 0 aliphatic carbocycles. The van der Waals surface area contributed by atoms with Gasteiger partial charge in [0, 0.05) is 6.42 Å². The normalized spacial score (nSPS) is 14.2. The first-order valence-corrected chi connectivity index (χ1v) is 29.2. The Kier molecular flexibility index (Phi) is 46.3. The van der Waals surface area contributed by atoms with Gasteiger partial charge in [-0.1, -0.05) is 244 Å². The lowest BCUT2D eigenvalue weighted by atomic mass is 10.0. The molecule has 3 atom stereocenters. The van der Waals surface area contributed by atoms with Gasteiger partial charge in [-0.25, -0.2) is 0 Å². The Hall–Kier alpha value is -1.02. The Labute approximate surface area is 398 Å². The van der Waals surface area contributed by atoms with Crippen LogP contribution in [0.15, 0.2) is 24.3 Å². The van der Waals surface area contributed by atoms with Crippen molar-refractivity contribution >= 4 is 13.7 Å². The number of allylic oxidation sites excluding steroid dienone is 3. The minimum Gasteiger partial charge on any atom is -0.756 e. The van der Waals surface area contributed by atoms with Crippen molar-refractivity contribution < 1.29 is 32.9 Å². The average Bonchev–Trinajstić information content (AvgIpc) is 3.25. The van der Waals surface area contributed by atoms with Gasteiger partial charge in [-0.05, 0) is 44.9 Å². The number of aliphatic hydroxyl groups excluding tert-OH is 1. The van der Waals surface area contributed by atoms with Gasteiger partial charge in [-0.3, -0.25) is 9.36 Å². The van der Waals surface area contributed by atoms with Crippen LogP contribution < -0.4 is 10.2 Å². The van der Waals surface area contributed by atoms with Crippen molar-refractivity contribution in [1.82, 2.24) is 5.32 Å². The third-order valence-electron chi connectivity index (χ3n) is 12.7. The van der Waals surface area contributed by atoms with E-state index in [1.165, 1.54) is 212 Å². The molecule has 0 aromatic rings. The van der Waals surface area contributed by atoms with E-state index in [9.17, 15) is 19.4 Å². The number of hydrogen-bond donors (Lipinski definition) is 2. The average molecular weight is 925 g/mol. The Morgan fingerprint density at radius 2 is 0.859 bits per heavy atom. The summed E-state index contributed by atoms with van der Waals surface area (Å²) in [6.07, 6.45) is 58.1. The van der Waals surface area contributed by atoms with E-state index in [1.54, 1.807) is 6.08 Å². The summed E-state index contributed by atoms with van der Waals surface area (Å²) in [5.41, 5.74) is 0. The van der Waals surface area contributed by atoms with E-state index in [4.69, 9.17) is 9.05 Å². The molecule has 0 aliphatic rings. The minimum atomic E-state index is -4.59. The first-order chi connectivity index (χ1) is 31.0. The number of carbonyl (C=O) groups is 1. The van der Waals surface area contributed by atoms with Crippen molar-refractivity contribution in [3.63, 3.8) is 0 Å². The summed E-state index contributed by atoms with van der Waals surface area (Å²) >= 11 is 0. The van der Waals surface area contributed by atoms with Crippen molar-refractivity contribution in [1.29, 1.82) is 0 Å². The molecule has 8 nitrogen and oxygen atoms in total. The number of nitrogens with zero attached hydrogens (tertiary/aromatic N) is 1. The Balaban J connectivity index is 4.20. The number of quaternary nitrogens is 1. The van der Waals surface area contributed by atoms with Gasteiger partial charge < -0.3 is 28.8 Å². The highest BCUT2D eigenvalue weighted by Gasteiger charge is 2.23. The topological polar surface area (TPSA) is 108 Å². The van der Waals surface area contributed by atoms with Gasteiger partial charge in [0.05, 0.1) is 39.9 Å². The van der Waals surface area contributed by atoms with Crippen molar-refractivity contribution in [2.45, 2.75) is 283 Å². The summed E-state index contributed by atoms with van der Waals surface area (Å²) < 4.78 is 23.3. The van der Waals surface area contributed by atoms with Crippen LogP contribution in [-0.4, -0.2) is 68.5 Å². The second-order valence-electron chi connectivity index (χ2n) is 20.3. The molecule has 0 aliphatic heterocycles. The predicted molar refractivity (Wildman–Crippen MR) is 275 cm³/mol. The molecule has 3 unspecified atom stereocenters. The zero-order valence-corrected chi connectivity index (χ0v) is 44.1. The van der Waals surface area contributed by atoms with Gasteiger partial charge in [0.2, 0.25) is 5.91 Å². The molecule has 0 radical (unpaired) electrons. The summed E-state index contributed by atoms with van der Waals surface area (Å²) in [5, 5.41) is 13.9. The Morgan fingerprint density at radius 3 is 1.22 bits per heavy atom. The zero-order chi connectivity index (χ0) is 47.1. The summed E-state index contributed by atoms with van der Waals surface area (Å²) in [4.78, 5) is 25.5. The van der Waals surface area contributed by atoms with E-state index in [0.717, 1.165) is 38.5 Å². The number of phosphoric ester groups is 1. The predicted octanol–water partition coefficient (Wildman–Crippen LogP) is 15.8. The Bertz CT molecular complexity index is 1090. The van der Waals surface area contributed by atoms with Crippen molar-refractivity contribution in [2.75, 3.05) is 40.9 Å². The highest BCUT2D eigenvalue weighted by Crippen LogP contribution is 2.38. The fourth-order valence-electron chi connectivity index (χ4n) is 8.27. The van der Waals surface area contributed by atoms with Crippen LogP contribution in [0.25, 0.3) is 0 Å². The number of amides is 1. The van der Waals surface area contributed by atoms with Crippen LogP contribution in [0.5, 0.6) is 0 Å². The lowest BCUT2D eigenvalue weighted by molar-refractivity contribution is -0.870. The molecule has 0 aromatic heterocycles. The number of unbranched alkanes of at least 4 members (excludes halogenated alkanes) is 36. The quantitative estimate of drug-likeness (QED) is 0.0272. The monoisotopic (exact) mass is 925 g/mol. The van der Waals surface area contributed by atoms with E-state index in [1.807, 2.05) is 27.2 Å². The van der Waals surface area contributed by atoms with Crippen LogP contribution in [0, 0.1) is 0 Å². The van der Waals surface area contributed by atoms with Gasteiger partial charge in [0.15, 0.2) is 0 Å². The molecule has 380 valence electrons. The Morgan fingerprint density at radius 1 is 0.531 bits per heavy atom. The lowest BCUT2D eigenvalue weighted by Crippen LogP contribution is -2.45. The van der Waals surface area contributed by atoms with Gasteiger partial charge in [0.25, 0.3) is 7.82 Å². The van der Waals surface area contributed by atoms with Crippen LogP contribution in [0.2, 0.25) is 0 Å². The second-order valence-corrected chi connectivity index (χ2v) is 21.7. The molecule has 0 aromatic carbocycles. The van der Waals surface area contributed by atoms with Crippen molar-refractivity contribution in [3.05, 3.63) is 24.3 Å². The SMILES string of the molecule is CCCCCCCCCCCCCC/C=C\CCCCCCCCCCCC(=O)NC(COP(=O)([O-])OCC[N+](C)(C)C)C(O)/C=C/CCCCCCCCCCCCCCCCC. The van der Waals surface area contributed by atoms with Crippen molar-refractivity contribution in [3.8, 4) is 0 Å². The molecule has 64 heavy (non-hydrogen) atoms. The van der Waals surface area contributed by atoms with Gasteiger partial charge >= 0.3 is 0 Å². The first kappa shape index (κ1) is 63.0. The molecular formula is C55H109N2O6P. The summed E-state index contributed by atoms with van der Waals surface area (Å²) in [5.74, 6) is -0.196. The third kappa shape index (κ3) is 48.9. The van der Waals surface area contributed by atoms with Crippen molar-refractivity contribution in [2.24, 2.45) is 0 Å². The smallest absolute Gasteiger partial charge is 0.268 e. The standard InChI is InChI=1S/C55H109N2O6P/c1-6-8-10-12-14-16-18-20-22-24-25-26-27-28-29-30-31-33-35-37-39-41-43-45-47-49-55(59)56-53(52-63-64(60,61)62-51-50-57(3,4)5)54(58)48-46-44-42-40-38-36-34-32-23-21-19-17-15-13-11-9-7-2/h28-29,46,48,53-54,58H,6-27,30-45,47,49-52H2,1-5H3,(H-,56,59,60,61)/b29-28-,48-46+. The molecule has 9 heteroatoms. The fraction of sp³-hybridized carbons (Fsp3) is 0.909. The number of likely N-dealkylation sites (N-methyl/N-ethyl adjacent to an activating group) is 1. The third-order valence-corrected chi connectivity index (χ3v) is 13.6. The number of aliphatic hydroxyl groups is 1. The maximum atomic E-state index is 12.9. The number of rotatable bonds is 51. The molecular weight excluding hydrogens is 816 g/mol. The molecule has 0 bridgehead atoms. The van der Waals surface area contributed by atoms with Crippen LogP contribution >= 0.6 is 7.82 Å². The van der Waals surface area contributed by atoms with Gasteiger partial charge in [0.1, 0.15) is 13.2 Å². The summed E-state index contributed by atoms with van der Waals surface area (Å²) in [7, 11) is 1.27. The molecule has 1 amide bonds.